The van der Waals surface area contributed by atoms with Crippen molar-refractivity contribution in [2.24, 2.45) is 4.99 Å². The van der Waals surface area contributed by atoms with Gasteiger partial charge in [-0.15, -0.1) is 0 Å². The third-order valence-corrected chi connectivity index (χ3v) is 1.95. The van der Waals surface area contributed by atoms with Crippen molar-refractivity contribution in [3.8, 4) is 0 Å². The first kappa shape index (κ1) is 12.1. The lowest BCUT2D eigenvalue weighted by Crippen LogP contribution is -2.35. The molecule has 1 atom stereocenters. The van der Waals surface area contributed by atoms with E-state index in [0.29, 0.717) is 0 Å². The number of dihydropyridines is 1. The molecule has 1 unspecified atom stereocenters. The normalized spacial score (nSPS) is 23.5. The van der Waals surface area contributed by atoms with E-state index >= 15 is 0 Å². The highest BCUT2D eigenvalue weighted by Crippen LogP contribution is 2.33. The number of alkyl halides is 6. The van der Waals surface area contributed by atoms with Crippen LogP contribution in [0.15, 0.2) is 16.6 Å². The van der Waals surface area contributed by atoms with Crippen LogP contribution in [0.25, 0.3) is 0 Å². The Kier molecular flexibility index (Phi) is 2.84. The van der Waals surface area contributed by atoms with E-state index in [2.05, 4.69) is 4.99 Å². The van der Waals surface area contributed by atoms with Gasteiger partial charge in [0.25, 0.3) is 0 Å². The van der Waals surface area contributed by atoms with Gasteiger partial charge in [-0.3, -0.25) is 4.99 Å². The predicted molar refractivity (Wildman–Crippen MR) is 41.7 cm³/mol. The van der Waals surface area contributed by atoms with Crippen LogP contribution in [0, 0.1) is 0 Å². The van der Waals surface area contributed by atoms with Crippen LogP contribution in [0.5, 0.6) is 0 Å². The summed E-state index contributed by atoms with van der Waals surface area (Å²) < 4.78 is 73.0. The Morgan fingerprint density at radius 3 is 2.13 bits per heavy atom. The standard InChI is InChI=1S/C8H7F6N/c1-4-2-3-5(7(9,10)11)15-6(4)8(12,13)14/h2,5H,3H2,1H3. The van der Waals surface area contributed by atoms with E-state index in [0.717, 1.165) is 13.0 Å². The summed E-state index contributed by atoms with van der Waals surface area (Å²) in [5.41, 5.74) is -1.70. The molecule has 1 aliphatic rings. The smallest absolute Gasteiger partial charge is 0.267 e. The highest BCUT2D eigenvalue weighted by molar-refractivity contribution is 6.04. The molecule has 0 aromatic carbocycles. The van der Waals surface area contributed by atoms with E-state index in [-0.39, 0.29) is 5.57 Å². The van der Waals surface area contributed by atoms with Crippen molar-refractivity contribution >= 4 is 5.71 Å². The van der Waals surface area contributed by atoms with Gasteiger partial charge in [0.05, 0.1) is 0 Å². The lowest BCUT2D eigenvalue weighted by molar-refractivity contribution is -0.147. The molecule has 7 heteroatoms. The number of hydrogen-bond acceptors (Lipinski definition) is 1. The zero-order chi connectivity index (χ0) is 11.9. The second kappa shape index (κ2) is 3.53. The molecule has 0 amide bonds. The second-order valence-electron chi connectivity index (χ2n) is 3.16. The first-order valence-electron chi connectivity index (χ1n) is 4.01. The Bertz CT molecular complexity index is 308. The molecule has 1 nitrogen and oxygen atoms in total. The quantitative estimate of drug-likeness (QED) is 0.567. The second-order valence-corrected chi connectivity index (χ2v) is 3.16. The molecule has 0 fully saturated rings. The predicted octanol–water partition coefficient (Wildman–Crippen LogP) is 3.27. The summed E-state index contributed by atoms with van der Waals surface area (Å²) in [5, 5.41) is 0. The van der Waals surface area contributed by atoms with E-state index in [1.165, 1.54) is 0 Å². The zero-order valence-electron chi connectivity index (χ0n) is 7.58. The zero-order valence-corrected chi connectivity index (χ0v) is 7.58. The van der Waals surface area contributed by atoms with Gasteiger partial charge in [-0.2, -0.15) is 26.3 Å². The molecule has 1 aliphatic heterocycles. The fraction of sp³-hybridized carbons (Fsp3) is 0.625. The van der Waals surface area contributed by atoms with E-state index in [4.69, 9.17) is 0 Å². The summed E-state index contributed by atoms with van der Waals surface area (Å²) in [6.45, 7) is 1.10. The number of halogens is 6. The molecule has 0 aromatic rings. The Morgan fingerprint density at radius 1 is 1.20 bits per heavy atom. The van der Waals surface area contributed by atoms with Crippen molar-refractivity contribution in [3.63, 3.8) is 0 Å². The van der Waals surface area contributed by atoms with Gasteiger partial charge >= 0.3 is 12.4 Å². The van der Waals surface area contributed by atoms with Gasteiger partial charge in [-0.1, -0.05) is 6.08 Å². The first-order chi connectivity index (χ1) is 6.62. The lowest BCUT2D eigenvalue weighted by atomic mass is 10.0. The molecule has 0 N–H and O–H groups in total. The lowest BCUT2D eigenvalue weighted by Gasteiger charge is -2.22. The van der Waals surface area contributed by atoms with E-state index < -0.39 is 30.5 Å². The van der Waals surface area contributed by atoms with Gasteiger partial charge in [0.2, 0.25) is 0 Å². The maximum atomic E-state index is 12.2. The third kappa shape index (κ3) is 2.73. The van der Waals surface area contributed by atoms with Crippen LogP contribution in [-0.4, -0.2) is 24.1 Å². The molecule has 15 heavy (non-hydrogen) atoms. The summed E-state index contributed by atoms with van der Waals surface area (Å²) in [6.07, 6.45) is -9.18. The Labute approximate surface area is 81.5 Å². The molecule has 0 aliphatic carbocycles. The number of nitrogens with zero attached hydrogens (tertiary/aromatic N) is 1. The van der Waals surface area contributed by atoms with E-state index in [9.17, 15) is 26.3 Å². The maximum Gasteiger partial charge on any atom is 0.433 e. The van der Waals surface area contributed by atoms with Gasteiger partial charge < -0.3 is 0 Å². The maximum absolute atomic E-state index is 12.2. The van der Waals surface area contributed by atoms with Crippen molar-refractivity contribution in [2.45, 2.75) is 31.7 Å². The minimum absolute atomic E-state index is 0.261. The molecule has 1 rings (SSSR count). The van der Waals surface area contributed by atoms with Crippen LogP contribution >= 0.6 is 0 Å². The Hall–Kier alpha value is -1.01. The fourth-order valence-corrected chi connectivity index (χ4v) is 1.20. The van der Waals surface area contributed by atoms with Crippen LogP contribution in [-0.2, 0) is 0 Å². The van der Waals surface area contributed by atoms with Gasteiger partial charge in [-0.25, -0.2) is 0 Å². The van der Waals surface area contributed by atoms with Crippen LogP contribution < -0.4 is 0 Å². The van der Waals surface area contributed by atoms with Crippen LogP contribution in [0.3, 0.4) is 0 Å². The molecule has 0 saturated heterocycles. The molecule has 0 saturated carbocycles. The molecule has 86 valence electrons. The SMILES string of the molecule is CC1=CCC(C(F)(F)F)N=C1C(F)(F)F. The minimum atomic E-state index is -4.83. The van der Waals surface area contributed by atoms with Crippen molar-refractivity contribution in [3.05, 3.63) is 11.6 Å². The van der Waals surface area contributed by atoms with Crippen LogP contribution in [0.1, 0.15) is 13.3 Å². The average molecular weight is 231 g/mol. The Morgan fingerprint density at radius 2 is 1.73 bits per heavy atom. The highest BCUT2D eigenvalue weighted by Gasteiger charge is 2.45. The topological polar surface area (TPSA) is 12.4 Å². The number of rotatable bonds is 0. The average Bonchev–Trinajstić information content (AvgIpc) is 2.00. The van der Waals surface area contributed by atoms with Crippen molar-refractivity contribution in [1.82, 2.24) is 0 Å². The first-order valence-corrected chi connectivity index (χ1v) is 4.01. The van der Waals surface area contributed by atoms with Crippen LogP contribution in [0.2, 0.25) is 0 Å². The number of allylic oxidation sites excluding steroid dienone is 1. The molecule has 1 heterocycles. The minimum Gasteiger partial charge on any atom is -0.267 e. The molecular weight excluding hydrogens is 224 g/mol. The van der Waals surface area contributed by atoms with Crippen molar-refractivity contribution in [2.75, 3.05) is 0 Å². The molecule has 0 aromatic heterocycles. The third-order valence-electron chi connectivity index (χ3n) is 1.95. The largest absolute Gasteiger partial charge is 0.433 e. The summed E-state index contributed by atoms with van der Waals surface area (Å²) >= 11 is 0. The summed E-state index contributed by atoms with van der Waals surface area (Å²) in [4.78, 5) is 2.70. The van der Waals surface area contributed by atoms with Gasteiger partial charge in [0, 0.05) is 0 Å². The molecular formula is C8H7F6N. The van der Waals surface area contributed by atoms with Crippen molar-refractivity contribution < 1.29 is 26.3 Å². The van der Waals surface area contributed by atoms with Crippen LogP contribution in [0.4, 0.5) is 26.3 Å². The number of aliphatic imine (C=N–C) groups is 1. The van der Waals surface area contributed by atoms with Gasteiger partial charge in [-0.05, 0) is 18.9 Å². The molecule has 0 spiro atoms. The fourth-order valence-electron chi connectivity index (χ4n) is 1.20. The molecule has 0 bridgehead atoms. The van der Waals surface area contributed by atoms with Crippen molar-refractivity contribution in [1.29, 1.82) is 0 Å². The van der Waals surface area contributed by atoms with Gasteiger partial charge in [0.15, 0.2) is 0 Å². The summed E-state index contributed by atoms with van der Waals surface area (Å²) in [7, 11) is 0. The number of hydrogen-bond donors (Lipinski definition) is 0. The van der Waals surface area contributed by atoms with E-state index in [1.54, 1.807) is 0 Å². The highest BCUT2D eigenvalue weighted by atomic mass is 19.4. The summed E-state index contributed by atoms with van der Waals surface area (Å²) in [5.74, 6) is 0. The monoisotopic (exact) mass is 231 g/mol. The van der Waals surface area contributed by atoms with Gasteiger partial charge in [0.1, 0.15) is 11.8 Å². The van der Waals surface area contributed by atoms with E-state index in [1.807, 2.05) is 0 Å². The Balaban J connectivity index is 3.02. The summed E-state index contributed by atoms with van der Waals surface area (Å²) in [6, 6.07) is -2.28. The molecule has 0 radical (unpaired) electrons.